The highest BCUT2D eigenvalue weighted by atomic mass is 16.2. The summed E-state index contributed by atoms with van der Waals surface area (Å²) in [5.41, 5.74) is 10.9. The number of pyridine rings is 1. The van der Waals surface area contributed by atoms with Crippen molar-refractivity contribution < 1.29 is 4.79 Å². The molecule has 0 bridgehead atoms. The summed E-state index contributed by atoms with van der Waals surface area (Å²) in [5.74, 6) is 2.25. The van der Waals surface area contributed by atoms with Crippen LogP contribution in [0.2, 0.25) is 0 Å². The van der Waals surface area contributed by atoms with E-state index in [4.69, 9.17) is 10.7 Å². The minimum absolute atomic E-state index is 0.125. The number of aromatic amines is 1. The predicted molar refractivity (Wildman–Crippen MR) is 128 cm³/mol. The van der Waals surface area contributed by atoms with Gasteiger partial charge in [-0.1, -0.05) is 26.0 Å². The fourth-order valence-corrected chi connectivity index (χ4v) is 4.73. The molecular formula is C25H29N7O. The fourth-order valence-electron chi connectivity index (χ4n) is 4.73. The predicted octanol–water partition coefficient (Wildman–Crippen LogP) is 3.62. The largest absolute Gasteiger partial charge is 0.384 e. The summed E-state index contributed by atoms with van der Waals surface area (Å²) in [7, 11) is 0. The molecule has 4 heterocycles. The van der Waals surface area contributed by atoms with Crippen LogP contribution in [0, 0.1) is 5.92 Å². The number of carbonyl (C=O) groups excluding carboxylic acids is 1. The highest BCUT2D eigenvalue weighted by Crippen LogP contribution is 2.33. The lowest BCUT2D eigenvalue weighted by atomic mass is 9.97. The first-order valence-electron chi connectivity index (χ1n) is 11.5. The standard InChI is InChI=1S/C25H29N7O/c1-16(2)11-23-29-20-5-3-4-6-21(20)32(23)15-24(33)31-10-8-18(14-31)25-19(13-28-30-25)17-7-9-27-22(26)12-17/h3-7,9,12-13,16,18H,8,10-11,14-15H2,1-2H3,(H2,26,27)(H,28,30)/t18-/m0/s1. The van der Waals surface area contributed by atoms with Crippen molar-refractivity contribution in [3.63, 3.8) is 0 Å². The monoisotopic (exact) mass is 443 g/mol. The van der Waals surface area contributed by atoms with Gasteiger partial charge in [0.2, 0.25) is 5.91 Å². The minimum Gasteiger partial charge on any atom is -0.384 e. The SMILES string of the molecule is CC(C)Cc1nc2ccccc2n1CC(=O)N1CC[C@H](c2[nH]ncc2-c2ccnc(N)c2)C1. The lowest BCUT2D eigenvalue weighted by molar-refractivity contribution is -0.130. The normalized spacial score (nSPS) is 16.2. The van der Waals surface area contributed by atoms with E-state index in [1.54, 1.807) is 6.20 Å². The zero-order valence-corrected chi connectivity index (χ0v) is 19.0. The van der Waals surface area contributed by atoms with Crippen molar-refractivity contribution in [1.29, 1.82) is 0 Å². The van der Waals surface area contributed by atoms with Crippen LogP contribution in [0.25, 0.3) is 22.2 Å². The number of carbonyl (C=O) groups is 1. The van der Waals surface area contributed by atoms with E-state index < -0.39 is 0 Å². The Labute approximate surface area is 192 Å². The Morgan fingerprint density at radius 1 is 1.27 bits per heavy atom. The molecule has 0 unspecified atom stereocenters. The molecule has 5 rings (SSSR count). The molecule has 8 heteroatoms. The summed E-state index contributed by atoms with van der Waals surface area (Å²) in [6, 6.07) is 11.8. The van der Waals surface area contributed by atoms with Crippen LogP contribution in [0.15, 0.2) is 48.8 Å². The van der Waals surface area contributed by atoms with Gasteiger partial charge in [0.25, 0.3) is 0 Å². The van der Waals surface area contributed by atoms with Crippen molar-refractivity contribution in [2.75, 3.05) is 18.8 Å². The van der Waals surface area contributed by atoms with Crippen molar-refractivity contribution >= 4 is 22.8 Å². The number of anilines is 1. The number of para-hydroxylation sites is 2. The molecule has 8 nitrogen and oxygen atoms in total. The van der Waals surface area contributed by atoms with Crippen LogP contribution in [0.5, 0.6) is 0 Å². The van der Waals surface area contributed by atoms with Crippen LogP contribution in [0.4, 0.5) is 5.82 Å². The number of nitrogens with zero attached hydrogens (tertiary/aromatic N) is 5. The first-order valence-corrected chi connectivity index (χ1v) is 11.5. The number of H-pyrrole nitrogens is 1. The lowest BCUT2D eigenvalue weighted by Gasteiger charge is -2.19. The number of nitrogens with two attached hydrogens (primary N) is 1. The van der Waals surface area contributed by atoms with Crippen LogP contribution in [-0.4, -0.2) is 48.6 Å². The molecule has 1 amide bonds. The summed E-state index contributed by atoms with van der Waals surface area (Å²) in [6.45, 7) is 6.06. The number of nitrogen functional groups attached to an aromatic ring is 1. The molecule has 1 aromatic carbocycles. The lowest BCUT2D eigenvalue weighted by Crippen LogP contribution is -2.32. The van der Waals surface area contributed by atoms with Crippen molar-refractivity contribution in [2.45, 2.75) is 39.2 Å². The molecule has 33 heavy (non-hydrogen) atoms. The molecule has 1 saturated heterocycles. The number of imidazole rings is 1. The Kier molecular flexibility index (Phi) is 5.58. The summed E-state index contributed by atoms with van der Waals surface area (Å²) in [6.07, 6.45) is 5.27. The van der Waals surface area contributed by atoms with Gasteiger partial charge in [-0.3, -0.25) is 9.89 Å². The average molecular weight is 444 g/mol. The topological polar surface area (TPSA) is 106 Å². The molecule has 3 N–H and O–H groups in total. The van der Waals surface area contributed by atoms with Crippen molar-refractivity contribution in [3.8, 4) is 11.1 Å². The summed E-state index contributed by atoms with van der Waals surface area (Å²) in [4.78, 5) is 24.2. The number of nitrogens with one attached hydrogen (secondary N) is 1. The maximum atomic E-state index is 13.3. The average Bonchev–Trinajstić information content (AvgIpc) is 3.52. The van der Waals surface area contributed by atoms with Gasteiger partial charge in [-0.2, -0.15) is 5.10 Å². The summed E-state index contributed by atoms with van der Waals surface area (Å²) >= 11 is 0. The van der Waals surface area contributed by atoms with Crippen molar-refractivity contribution in [2.24, 2.45) is 5.92 Å². The molecule has 0 aliphatic carbocycles. The van der Waals surface area contributed by atoms with Crippen LogP contribution in [0.1, 0.15) is 37.7 Å². The van der Waals surface area contributed by atoms with Gasteiger partial charge >= 0.3 is 0 Å². The van der Waals surface area contributed by atoms with Gasteiger partial charge in [0, 0.05) is 42.9 Å². The van der Waals surface area contributed by atoms with Gasteiger partial charge in [0.05, 0.1) is 17.2 Å². The Hall–Kier alpha value is -3.68. The number of benzene rings is 1. The van der Waals surface area contributed by atoms with E-state index in [0.29, 0.717) is 24.8 Å². The molecule has 3 aromatic heterocycles. The maximum Gasteiger partial charge on any atom is 0.242 e. The van der Waals surface area contributed by atoms with Gasteiger partial charge in [0.15, 0.2) is 0 Å². The maximum absolute atomic E-state index is 13.3. The molecule has 170 valence electrons. The van der Waals surface area contributed by atoms with E-state index in [2.05, 4.69) is 33.6 Å². The minimum atomic E-state index is 0.125. The van der Waals surface area contributed by atoms with Gasteiger partial charge < -0.3 is 15.2 Å². The number of hydrogen-bond donors (Lipinski definition) is 2. The molecule has 4 aromatic rings. The van der Waals surface area contributed by atoms with Crippen LogP contribution in [0.3, 0.4) is 0 Å². The van der Waals surface area contributed by atoms with Crippen LogP contribution >= 0.6 is 0 Å². The van der Waals surface area contributed by atoms with Gasteiger partial charge in [-0.05, 0) is 42.2 Å². The molecule has 0 saturated carbocycles. The molecule has 1 aliphatic rings. The van der Waals surface area contributed by atoms with Gasteiger partial charge in [-0.25, -0.2) is 9.97 Å². The number of rotatable bonds is 6. The third kappa shape index (κ3) is 4.20. The van der Waals surface area contributed by atoms with E-state index in [1.165, 1.54) is 0 Å². The first-order chi connectivity index (χ1) is 16.0. The molecule has 1 aliphatic heterocycles. The Morgan fingerprint density at radius 3 is 2.94 bits per heavy atom. The Bertz CT molecular complexity index is 1290. The summed E-state index contributed by atoms with van der Waals surface area (Å²) in [5, 5.41) is 7.44. The molecular weight excluding hydrogens is 414 g/mol. The third-order valence-corrected chi connectivity index (χ3v) is 6.33. The molecule has 0 radical (unpaired) electrons. The number of aromatic nitrogens is 5. The van der Waals surface area contributed by atoms with Crippen LogP contribution in [-0.2, 0) is 17.8 Å². The zero-order valence-electron chi connectivity index (χ0n) is 19.0. The third-order valence-electron chi connectivity index (χ3n) is 6.33. The van der Waals surface area contributed by atoms with E-state index >= 15 is 0 Å². The second kappa shape index (κ2) is 8.69. The molecule has 1 atom stereocenters. The van der Waals surface area contributed by atoms with Gasteiger partial charge in [0.1, 0.15) is 18.2 Å². The fraction of sp³-hybridized carbons (Fsp3) is 0.360. The number of likely N-dealkylation sites (tertiary alicyclic amines) is 1. The van der Waals surface area contributed by atoms with Crippen molar-refractivity contribution in [3.05, 3.63) is 60.3 Å². The quantitative estimate of drug-likeness (QED) is 0.473. The highest BCUT2D eigenvalue weighted by Gasteiger charge is 2.30. The Morgan fingerprint density at radius 2 is 2.12 bits per heavy atom. The van der Waals surface area contributed by atoms with Crippen molar-refractivity contribution in [1.82, 2.24) is 29.6 Å². The second-order valence-electron chi connectivity index (χ2n) is 9.19. The smallest absolute Gasteiger partial charge is 0.242 e. The first kappa shape index (κ1) is 21.2. The number of fused-ring (bicyclic) bond motifs is 1. The van der Waals surface area contributed by atoms with Crippen LogP contribution < -0.4 is 5.73 Å². The van der Waals surface area contributed by atoms with E-state index in [9.17, 15) is 4.79 Å². The zero-order chi connectivity index (χ0) is 22.9. The summed E-state index contributed by atoms with van der Waals surface area (Å²) < 4.78 is 2.09. The molecule has 1 fully saturated rings. The highest BCUT2D eigenvalue weighted by molar-refractivity contribution is 5.81. The van der Waals surface area contributed by atoms with E-state index in [1.807, 2.05) is 47.5 Å². The Balaban J connectivity index is 1.35. The number of amides is 1. The second-order valence-corrected chi connectivity index (χ2v) is 9.19. The van der Waals surface area contributed by atoms with Gasteiger partial charge in [-0.15, -0.1) is 0 Å². The molecule has 0 spiro atoms. The number of hydrogen-bond acceptors (Lipinski definition) is 5. The van der Waals surface area contributed by atoms with E-state index in [-0.39, 0.29) is 11.8 Å². The van der Waals surface area contributed by atoms with E-state index in [0.717, 1.165) is 53.1 Å².